The third kappa shape index (κ3) is 3.06. The predicted octanol–water partition coefficient (Wildman–Crippen LogP) is 3.42. The minimum absolute atomic E-state index is 0.132. The van der Waals surface area contributed by atoms with Crippen molar-refractivity contribution in [3.05, 3.63) is 34.1 Å². The monoisotopic (exact) mass is 301 g/mol. The molecule has 1 aliphatic heterocycles. The van der Waals surface area contributed by atoms with E-state index in [1.165, 1.54) is 12.5 Å². The lowest BCUT2D eigenvalue weighted by atomic mass is 9.96. The van der Waals surface area contributed by atoms with E-state index in [0.29, 0.717) is 4.47 Å². The summed E-state index contributed by atoms with van der Waals surface area (Å²) in [5.41, 5.74) is 1.06. The first kappa shape index (κ1) is 13.0. The molecule has 4 heteroatoms. The molecule has 0 radical (unpaired) electrons. The Morgan fingerprint density at radius 3 is 2.88 bits per heavy atom. The maximum Gasteiger partial charge on any atom is 0.137 e. The number of halogens is 2. The largest absolute Gasteiger partial charge is 0.376 e. The Labute approximate surface area is 110 Å². The van der Waals surface area contributed by atoms with E-state index in [1.807, 2.05) is 19.2 Å². The summed E-state index contributed by atoms with van der Waals surface area (Å²) in [5.74, 6) is -0.229. The van der Waals surface area contributed by atoms with Crippen LogP contribution in [0.2, 0.25) is 0 Å². The van der Waals surface area contributed by atoms with E-state index in [0.717, 1.165) is 25.0 Å². The number of hydrogen-bond acceptors (Lipinski definition) is 2. The highest BCUT2D eigenvalue weighted by molar-refractivity contribution is 9.10. The van der Waals surface area contributed by atoms with Crippen molar-refractivity contribution in [3.8, 4) is 0 Å². The van der Waals surface area contributed by atoms with Gasteiger partial charge in [-0.15, -0.1) is 0 Å². The Morgan fingerprint density at radius 2 is 2.29 bits per heavy atom. The van der Waals surface area contributed by atoms with Crippen molar-refractivity contribution in [2.45, 2.75) is 31.4 Å². The summed E-state index contributed by atoms with van der Waals surface area (Å²) in [6.07, 6.45) is 3.58. The van der Waals surface area contributed by atoms with Gasteiger partial charge >= 0.3 is 0 Å². The summed E-state index contributed by atoms with van der Waals surface area (Å²) >= 11 is 3.22. The van der Waals surface area contributed by atoms with E-state index >= 15 is 0 Å². The number of hydrogen-bond donors (Lipinski definition) is 1. The van der Waals surface area contributed by atoms with Crippen LogP contribution >= 0.6 is 15.9 Å². The van der Waals surface area contributed by atoms with Crippen LogP contribution in [0, 0.1) is 5.82 Å². The van der Waals surface area contributed by atoms with Gasteiger partial charge in [0.1, 0.15) is 5.82 Å². The maximum absolute atomic E-state index is 13.2. The van der Waals surface area contributed by atoms with Gasteiger partial charge in [-0.2, -0.15) is 0 Å². The van der Waals surface area contributed by atoms with Gasteiger partial charge in [-0.3, -0.25) is 0 Å². The molecule has 0 spiro atoms. The Hall–Kier alpha value is -0.450. The summed E-state index contributed by atoms with van der Waals surface area (Å²) in [5, 5.41) is 3.27. The Morgan fingerprint density at radius 1 is 1.47 bits per heavy atom. The zero-order chi connectivity index (χ0) is 12.3. The molecule has 1 N–H and O–H groups in total. The zero-order valence-corrected chi connectivity index (χ0v) is 11.5. The van der Waals surface area contributed by atoms with Crippen molar-refractivity contribution in [2.24, 2.45) is 0 Å². The average Bonchev–Trinajstić information content (AvgIpc) is 2.36. The minimum atomic E-state index is -0.229. The van der Waals surface area contributed by atoms with Crippen molar-refractivity contribution >= 4 is 15.9 Å². The molecule has 1 aromatic carbocycles. The van der Waals surface area contributed by atoms with E-state index in [4.69, 9.17) is 4.74 Å². The summed E-state index contributed by atoms with van der Waals surface area (Å²) < 4.78 is 19.5. The number of nitrogens with one attached hydrogen (secondary N) is 1. The highest BCUT2D eigenvalue weighted by Gasteiger charge is 2.25. The third-order valence-corrected chi connectivity index (χ3v) is 3.81. The van der Waals surface area contributed by atoms with Gasteiger partial charge in [0.05, 0.1) is 16.6 Å². The summed E-state index contributed by atoms with van der Waals surface area (Å²) in [4.78, 5) is 0. The molecule has 1 saturated heterocycles. The van der Waals surface area contributed by atoms with Gasteiger partial charge in [-0.05, 0) is 59.9 Å². The minimum Gasteiger partial charge on any atom is -0.376 e. The van der Waals surface area contributed by atoms with Gasteiger partial charge < -0.3 is 10.1 Å². The fourth-order valence-electron chi connectivity index (χ4n) is 2.30. The van der Waals surface area contributed by atoms with Crippen molar-refractivity contribution in [1.82, 2.24) is 5.32 Å². The smallest absolute Gasteiger partial charge is 0.137 e. The molecule has 2 atom stereocenters. The van der Waals surface area contributed by atoms with Crippen molar-refractivity contribution in [2.75, 3.05) is 13.7 Å². The maximum atomic E-state index is 13.2. The molecular formula is C13H17BrFNO. The van der Waals surface area contributed by atoms with Crippen LogP contribution in [0.15, 0.2) is 22.7 Å². The standard InChI is InChI=1S/C13H17BrFNO/c1-16-13(12-4-2-3-7-17-12)9-5-6-11(15)10(14)8-9/h5-6,8,12-13,16H,2-4,7H2,1H3. The first-order valence-corrected chi connectivity index (χ1v) is 6.75. The van der Waals surface area contributed by atoms with Gasteiger partial charge in [0.2, 0.25) is 0 Å². The molecule has 0 aliphatic carbocycles. The molecule has 2 nitrogen and oxygen atoms in total. The second-order valence-electron chi connectivity index (χ2n) is 4.34. The fraction of sp³-hybridized carbons (Fsp3) is 0.538. The molecule has 1 aliphatic rings. The topological polar surface area (TPSA) is 21.3 Å². The number of ether oxygens (including phenoxy) is 1. The van der Waals surface area contributed by atoms with Crippen molar-refractivity contribution in [1.29, 1.82) is 0 Å². The molecule has 2 unspecified atom stereocenters. The molecule has 0 bridgehead atoms. The lowest BCUT2D eigenvalue weighted by Crippen LogP contribution is -2.34. The molecule has 0 amide bonds. The van der Waals surface area contributed by atoms with E-state index in [1.54, 1.807) is 0 Å². The van der Waals surface area contributed by atoms with Gasteiger partial charge in [0.25, 0.3) is 0 Å². The number of rotatable bonds is 3. The van der Waals surface area contributed by atoms with E-state index < -0.39 is 0 Å². The van der Waals surface area contributed by atoms with Crippen LogP contribution in [0.5, 0.6) is 0 Å². The number of likely N-dealkylation sites (N-methyl/N-ethyl adjacent to an activating group) is 1. The van der Waals surface area contributed by atoms with Crippen LogP contribution in [0.3, 0.4) is 0 Å². The first-order chi connectivity index (χ1) is 8.22. The average molecular weight is 302 g/mol. The second-order valence-corrected chi connectivity index (χ2v) is 5.20. The van der Waals surface area contributed by atoms with Crippen LogP contribution in [-0.2, 0) is 4.74 Å². The molecule has 2 rings (SSSR count). The van der Waals surface area contributed by atoms with Crippen molar-refractivity contribution < 1.29 is 9.13 Å². The molecule has 0 saturated carbocycles. The van der Waals surface area contributed by atoms with Gasteiger partial charge in [-0.1, -0.05) is 6.07 Å². The second kappa shape index (κ2) is 5.94. The highest BCUT2D eigenvalue weighted by atomic mass is 79.9. The summed E-state index contributed by atoms with van der Waals surface area (Å²) in [6.45, 7) is 0.825. The molecule has 94 valence electrons. The van der Waals surface area contributed by atoms with E-state index in [2.05, 4.69) is 21.2 Å². The Bertz CT molecular complexity index is 380. The van der Waals surface area contributed by atoms with E-state index in [9.17, 15) is 4.39 Å². The third-order valence-electron chi connectivity index (χ3n) is 3.20. The van der Waals surface area contributed by atoms with Gasteiger partial charge in [0.15, 0.2) is 0 Å². The quantitative estimate of drug-likeness (QED) is 0.924. The predicted molar refractivity (Wildman–Crippen MR) is 69.5 cm³/mol. The molecule has 17 heavy (non-hydrogen) atoms. The van der Waals surface area contributed by atoms with Crippen LogP contribution < -0.4 is 5.32 Å². The van der Waals surface area contributed by atoms with Crippen LogP contribution in [-0.4, -0.2) is 19.8 Å². The molecule has 0 aromatic heterocycles. The van der Waals surface area contributed by atoms with Crippen LogP contribution in [0.1, 0.15) is 30.9 Å². The highest BCUT2D eigenvalue weighted by Crippen LogP contribution is 2.28. The Balaban J connectivity index is 2.18. The molecule has 1 aromatic rings. The molecule has 1 fully saturated rings. The normalized spacial score (nSPS) is 22.4. The SMILES string of the molecule is CNC(c1ccc(F)c(Br)c1)C1CCCCO1. The van der Waals surface area contributed by atoms with Crippen molar-refractivity contribution in [3.63, 3.8) is 0 Å². The number of benzene rings is 1. The van der Waals surface area contributed by atoms with Crippen LogP contribution in [0.25, 0.3) is 0 Å². The van der Waals surface area contributed by atoms with Gasteiger partial charge in [-0.25, -0.2) is 4.39 Å². The molecule has 1 heterocycles. The Kier molecular flexibility index (Phi) is 4.54. The van der Waals surface area contributed by atoms with Crippen LogP contribution in [0.4, 0.5) is 4.39 Å². The molecular weight excluding hydrogens is 285 g/mol. The first-order valence-electron chi connectivity index (χ1n) is 5.96. The summed E-state index contributed by atoms with van der Waals surface area (Å²) in [7, 11) is 1.92. The van der Waals surface area contributed by atoms with Gasteiger partial charge in [0, 0.05) is 6.61 Å². The lowest BCUT2D eigenvalue weighted by Gasteiger charge is -2.30. The summed E-state index contributed by atoms with van der Waals surface area (Å²) in [6, 6.07) is 5.27. The van der Waals surface area contributed by atoms with E-state index in [-0.39, 0.29) is 18.0 Å². The fourth-order valence-corrected chi connectivity index (χ4v) is 2.70. The zero-order valence-electron chi connectivity index (χ0n) is 9.88. The lowest BCUT2D eigenvalue weighted by molar-refractivity contribution is -0.00664.